The Labute approximate surface area is 126 Å². The summed E-state index contributed by atoms with van der Waals surface area (Å²) >= 11 is 0. The van der Waals surface area contributed by atoms with E-state index in [1.54, 1.807) is 12.1 Å². The zero-order chi connectivity index (χ0) is 15.3. The van der Waals surface area contributed by atoms with E-state index < -0.39 is 16.1 Å². The average molecular weight is 313 g/mol. The summed E-state index contributed by atoms with van der Waals surface area (Å²) in [6, 6.07) is 5.36. The number of benzene rings is 1. The molecule has 0 fully saturated rings. The molecule has 0 bridgehead atoms. The van der Waals surface area contributed by atoms with E-state index in [1.807, 2.05) is 6.07 Å². The van der Waals surface area contributed by atoms with Crippen LogP contribution in [0.2, 0.25) is 0 Å². The fourth-order valence-electron chi connectivity index (χ4n) is 2.60. The second-order valence-corrected chi connectivity index (χ2v) is 7.20. The summed E-state index contributed by atoms with van der Waals surface area (Å²) in [4.78, 5) is 0.310. The van der Waals surface area contributed by atoms with Crippen LogP contribution in [-0.2, 0) is 27.6 Å². The summed E-state index contributed by atoms with van der Waals surface area (Å²) in [6.45, 7) is 0.407. The molecule has 2 N–H and O–H groups in total. The minimum absolute atomic E-state index is 0.198. The van der Waals surface area contributed by atoms with Crippen LogP contribution in [0.15, 0.2) is 23.1 Å². The molecule has 1 aromatic rings. The first-order chi connectivity index (χ1) is 10.0. The summed E-state index contributed by atoms with van der Waals surface area (Å²) in [5.74, 6) is 0. The van der Waals surface area contributed by atoms with Gasteiger partial charge in [0.15, 0.2) is 0 Å². The Morgan fingerprint density at radius 2 is 2.00 bits per heavy atom. The zero-order valence-electron chi connectivity index (χ0n) is 12.3. The van der Waals surface area contributed by atoms with E-state index in [0.29, 0.717) is 11.3 Å². The highest BCUT2D eigenvalue weighted by Gasteiger charge is 2.17. The highest BCUT2D eigenvalue weighted by molar-refractivity contribution is 7.89. The number of ether oxygens (including phenoxy) is 1. The number of aliphatic hydroxyl groups excluding tert-OH is 1. The second kappa shape index (κ2) is 7.35. The molecule has 118 valence electrons. The van der Waals surface area contributed by atoms with Gasteiger partial charge in [0.05, 0.1) is 17.6 Å². The molecule has 21 heavy (non-hydrogen) atoms. The monoisotopic (exact) mass is 313 g/mol. The Kier molecular flexibility index (Phi) is 5.75. The van der Waals surface area contributed by atoms with Gasteiger partial charge in [0.1, 0.15) is 0 Å². The number of hydrogen-bond donors (Lipinski definition) is 2. The van der Waals surface area contributed by atoms with E-state index in [2.05, 4.69) is 4.72 Å². The molecule has 1 aliphatic rings. The Bertz CT molecular complexity index is 571. The van der Waals surface area contributed by atoms with E-state index in [1.165, 1.54) is 19.1 Å². The van der Waals surface area contributed by atoms with Gasteiger partial charge in [-0.3, -0.25) is 0 Å². The number of aryl methyl sites for hydroxylation is 2. The van der Waals surface area contributed by atoms with Gasteiger partial charge in [-0.15, -0.1) is 0 Å². The van der Waals surface area contributed by atoms with Crippen LogP contribution in [0.5, 0.6) is 0 Å². The van der Waals surface area contributed by atoms with Crippen molar-refractivity contribution >= 4 is 10.0 Å². The number of hydrogen-bond acceptors (Lipinski definition) is 4. The maximum atomic E-state index is 12.2. The normalized spacial score (nSPS) is 16.5. The first kappa shape index (κ1) is 16.4. The van der Waals surface area contributed by atoms with Crippen LogP contribution in [0, 0.1) is 0 Å². The Hall–Kier alpha value is -0.950. The third-order valence-corrected chi connectivity index (χ3v) is 5.22. The van der Waals surface area contributed by atoms with Crippen LogP contribution in [0.1, 0.15) is 30.4 Å². The van der Waals surface area contributed by atoms with E-state index in [-0.39, 0.29) is 13.2 Å². The van der Waals surface area contributed by atoms with Gasteiger partial charge in [0, 0.05) is 13.7 Å². The number of aliphatic hydroxyl groups is 1. The van der Waals surface area contributed by atoms with Gasteiger partial charge in [0.25, 0.3) is 0 Å². The van der Waals surface area contributed by atoms with Crippen LogP contribution in [-0.4, -0.2) is 39.9 Å². The van der Waals surface area contributed by atoms with Crippen molar-refractivity contribution < 1.29 is 18.3 Å². The first-order valence-electron chi connectivity index (χ1n) is 7.31. The molecule has 0 aromatic heterocycles. The minimum Gasteiger partial charge on any atom is -0.391 e. The lowest BCUT2D eigenvalue weighted by atomic mass is 9.92. The maximum absolute atomic E-state index is 12.2. The van der Waals surface area contributed by atoms with Crippen molar-refractivity contribution in [3.63, 3.8) is 0 Å². The van der Waals surface area contributed by atoms with Crippen LogP contribution < -0.4 is 4.72 Å². The van der Waals surface area contributed by atoms with Gasteiger partial charge >= 0.3 is 0 Å². The molecule has 2 rings (SSSR count). The minimum atomic E-state index is -3.51. The van der Waals surface area contributed by atoms with Crippen LogP contribution >= 0.6 is 0 Å². The van der Waals surface area contributed by atoms with Gasteiger partial charge < -0.3 is 9.84 Å². The van der Waals surface area contributed by atoms with Crippen molar-refractivity contribution in [3.8, 4) is 0 Å². The van der Waals surface area contributed by atoms with Gasteiger partial charge in [-0.25, -0.2) is 13.1 Å². The Morgan fingerprint density at radius 3 is 2.71 bits per heavy atom. The predicted octanol–water partition coefficient (Wildman–Crippen LogP) is 1.24. The molecule has 0 aliphatic heterocycles. The molecule has 5 nitrogen and oxygen atoms in total. The van der Waals surface area contributed by atoms with E-state index >= 15 is 0 Å². The number of fused-ring (bicyclic) bond motifs is 1. The van der Waals surface area contributed by atoms with Crippen LogP contribution in [0.3, 0.4) is 0 Å². The van der Waals surface area contributed by atoms with Crippen LogP contribution in [0.4, 0.5) is 0 Å². The van der Waals surface area contributed by atoms with E-state index in [9.17, 15) is 13.5 Å². The molecular weight excluding hydrogens is 290 g/mol. The molecule has 0 saturated heterocycles. The number of sulfonamides is 1. The fourth-order valence-corrected chi connectivity index (χ4v) is 3.69. The van der Waals surface area contributed by atoms with Gasteiger partial charge in [-0.1, -0.05) is 6.07 Å². The number of methoxy groups -OCH3 is 1. The highest BCUT2D eigenvalue weighted by atomic mass is 32.2. The summed E-state index contributed by atoms with van der Waals surface area (Å²) in [6.07, 6.45) is 3.96. The summed E-state index contributed by atoms with van der Waals surface area (Å²) in [5.41, 5.74) is 2.40. The molecular formula is C15H23NO4S. The van der Waals surface area contributed by atoms with Crippen molar-refractivity contribution in [2.45, 2.75) is 43.1 Å². The van der Waals surface area contributed by atoms with E-state index in [4.69, 9.17) is 4.74 Å². The molecule has 1 atom stereocenters. The lowest BCUT2D eigenvalue weighted by Crippen LogP contribution is -2.28. The predicted molar refractivity (Wildman–Crippen MR) is 80.8 cm³/mol. The Balaban J connectivity index is 1.99. The van der Waals surface area contributed by atoms with Crippen molar-refractivity contribution in [2.24, 2.45) is 0 Å². The van der Waals surface area contributed by atoms with Crippen molar-refractivity contribution in [3.05, 3.63) is 29.3 Å². The van der Waals surface area contributed by atoms with E-state index in [0.717, 1.165) is 24.8 Å². The summed E-state index contributed by atoms with van der Waals surface area (Å²) in [7, 11) is -2.01. The lowest BCUT2D eigenvalue weighted by Gasteiger charge is -2.17. The lowest BCUT2D eigenvalue weighted by molar-refractivity contribution is 0.0603. The highest BCUT2D eigenvalue weighted by Crippen LogP contribution is 2.23. The SMILES string of the molecule is COCC(O)CCNS(=O)(=O)c1ccc2c(c1)CCCC2. The third-order valence-electron chi connectivity index (χ3n) is 3.76. The van der Waals surface area contributed by atoms with Crippen molar-refractivity contribution in [1.29, 1.82) is 0 Å². The number of nitrogens with one attached hydrogen (secondary N) is 1. The third kappa shape index (κ3) is 4.51. The van der Waals surface area contributed by atoms with Crippen LogP contribution in [0.25, 0.3) is 0 Å². The molecule has 0 saturated carbocycles. The molecule has 1 unspecified atom stereocenters. The van der Waals surface area contributed by atoms with Gasteiger partial charge in [0.2, 0.25) is 10.0 Å². The summed E-state index contributed by atoms with van der Waals surface area (Å²) in [5, 5.41) is 9.51. The van der Waals surface area contributed by atoms with Gasteiger partial charge in [-0.05, 0) is 55.4 Å². The topological polar surface area (TPSA) is 75.6 Å². The smallest absolute Gasteiger partial charge is 0.240 e. The molecule has 0 radical (unpaired) electrons. The molecule has 0 heterocycles. The molecule has 1 aliphatic carbocycles. The van der Waals surface area contributed by atoms with Crippen molar-refractivity contribution in [1.82, 2.24) is 4.72 Å². The number of rotatable bonds is 7. The molecule has 6 heteroatoms. The molecule has 0 spiro atoms. The van der Waals surface area contributed by atoms with Gasteiger partial charge in [-0.2, -0.15) is 0 Å². The average Bonchev–Trinajstić information content (AvgIpc) is 2.47. The zero-order valence-corrected chi connectivity index (χ0v) is 13.2. The molecule has 0 amide bonds. The summed E-state index contributed by atoms with van der Waals surface area (Å²) < 4.78 is 31.8. The molecule has 1 aromatic carbocycles. The second-order valence-electron chi connectivity index (χ2n) is 5.43. The first-order valence-corrected chi connectivity index (χ1v) is 8.80. The van der Waals surface area contributed by atoms with Crippen molar-refractivity contribution in [2.75, 3.05) is 20.3 Å². The standard InChI is InChI=1S/C15H23NO4S/c1-20-11-14(17)8-9-16-21(18,19)15-7-6-12-4-2-3-5-13(12)10-15/h6-7,10,14,16-17H,2-5,8-9,11H2,1H3. The largest absolute Gasteiger partial charge is 0.391 e. The maximum Gasteiger partial charge on any atom is 0.240 e. The quantitative estimate of drug-likeness (QED) is 0.794. The Morgan fingerprint density at radius 1 is 1.29 bits per heavy atom. The fraction of sp³-hybridized carbons (Fsp3) is 0.600.